The van der Waals surface area contributed by atoms with Crippen LogP contribution in [0, 0.1) is 0 Å². The van der Waals surface area contributed by atoms with Gasteiger partial charge in [-0.25, -0.2) is 0 Å². The number of primary amides is 1. The number of pyridine rings is 1. The molecule has 1 aromatic heterocycles. The topological polar surface area (TPSA) is 94.3 Å². The average molecular weight is 274 g/mol. The first-order chi connectivity index (χ1) is 9.41. The quantitative estimate of drug-likeness (QED) is 0.781. The lowest BCUT2D eigenvalue weighted by molar-refractivity contribution is 0.0998. The molecule has 0 aliphatic carbocycles. The molecule has 0 unspecified atom stereocenters. The zero-order valence-corrected chi connectivity index (χ0v) is 11.6. The van der Waals surface area contributed by atoms with Crippen LogP contribution in [0.15, 0.2) is 29.2 Å². The highest BCUT2D eigenvalue weighted by molar-refractivity contribution is 5.99. The molecule has 6 heteroatoms. The van der Waals surface area contributed by atoms with Gasteiger partial charge in [0.25, 0.3) is 5.91 Å². The van der Waals surface area contributed by atoms with Crippen molar-refractivity contribution in [3.8, 4) is 0 Å². The number of benzene rings is 1. The summed E-state index contributed by atoms with van der Waals surface area (Å²) in [6.07, 6.45) is 1.51. The number of rotatable bonds is 4. The van der Waals surface area contributed by atoms with Gasteiger partial charge in [0.1, 0.15) is 5.56 Å². The lowest BCUT2D eigenvalue weighted by Gasteiger charge is -2.16. The molecule has 6 nitrogen and oxygen atoms in total. The fourth-order valence-electron chi connectivity index (χ4n) is 2.13. The van der Waals surface area contributed by atoms with Crippen LogP contribution in [0.2, 0.25) is 0 Å². The average Bonchev–Trinajstić information content (AvgIpc) is 2.37. The summed E-state index contributed by atoms with van der Waals surface area (Å²) in [6, 6.07) is 5.24. The van der Waals surface area contributed by atoms with Crippen molar-refractivity contribution >= 4 is 22.5 Å². The van der Waals surface area contributed by atoms with Crippen LogP contribution in [0.25, 0.3) is 10.9 Å². The molecule has 2 rings (SSSR count). The second-order valence-corrected chi connectivity index (χ2v) is 4.97. The minimum atomic E-state index is -0.737. The number of fused-ring (bicyclic) bond motifs is 1. The number of hydrogen-bond acceptors (Lipinski definition) is 4. The Bertz CT molecular complexity index is 719. The van der Waals surface area contributed by atoms with Gasteiger partial charge < -0.3 is 20.9 Å². The number of likely N-dealkylation sites (N-methyl/N-ethyl adjacent to an activating group) is 1. The molecule has 20 heavy (non-hydrogen) atoms. The number of carbonyl (C=O) groups is 1. The summed E-state index contributed by atoms with van der Waals surface area (Å²) in [6.45, 7) is 1.40. The van der Waals surface area contributed by atoms with E-state index in [0.29, 0.717) is 23.1 Å². The van der Waals surface area contributed by atoms with E-state index in [0.717, 1.165) is 6.54 Å². The Kier molecular flexibility index (Phi) is 3.76. The maximum atomic E-state index is 12.3. The SMILES string of the molecule is CN(C)CCn1cc(C(N)=O)c(=O)c2c(N)cccc21. The summed E-state index contributed by atoms with van der Waals surface area (Å²) in [5.41, 5.74) is 11.8. The number of hydrogen-bond donors (Lipinski definition) is 2. The van der Waals surface area contributed by atoms with Gasteiger partial charge in [-0.1, -0.05) is 6.07 Å². The van der Waals surface area contributed by atoms with Crippen molar-refractivity contribution in [2.24, 2.45) is 5.73 Å². The first-order valence-corrected chi connectivity index (χ1v) is 6.28. The van der Waals surface area contributed by atoms with Gasteiger partial charge in [0.15, 0.2) is 0 Å². The Labute approximate surface area is 116 Å². The zero-order chi connectivity index (χ0) is 14.9. The molecule has 1 aromatic carbocycles. The summed E-state index contributed by atoms with van der Waals surface area (Å²) >= 11 is 0. The molecular formula is C14H18N4O2. The first-order valence-electron chi connectivity index (χ1n) is 6.28. The summed E-state index contributed by atoms with van der Waals surface area (Å²) in [5.74, 6) is -0.737. The second kappa shape index (κ2) is 5.34. The van der Waals surface area contributed by atoms with Crippen molar-refractivity contribution < 1.29 is 4.79 Å². The van der Waals surface area contributed by atoms with E-state index in [1.54, 1.807) is 12.1 Å². The van der Waals surface area contributed by atoms with Crippen molar-refractivity contribution in [3.05, 3.63) is 40.2 Å². The number of amides is 1. The molecule has 0 fully saturated rings. The van der Waals surface area contributed by atoms with Gasteiger partial charge in [0, 0.05) is 25.0 Å². The van der Waals surface area contributed by atoms with E-state index in [-0.39, 0.29) is 5.56 Å². The van der Waals surface area contributed by atoms with Crippen molar-refractivity contribution in [1.82, 2.24) is 9.47 Å². The summed E-state index contributed by atoms with van der Waals surface area (Å²) in [5, 5.41) is 0.350. The van der Waals surface area contributed by atoms with E-state index in [1.165, 1.54) is 6.20 Å². The molecule has 0 saturated heterocycles. The molecule has 4 N–H and O–H groups in total. The van der Waals surface area contributed by atoms with Gasteiger partial charge in [-0.2, -0.15) is 0 Å². The molecule has 2 aromatic rings. The fraction of sp³-hybridized carbons (Fsp3) is 0.286. The van der Waals surface area contributed by atoms with Crippen molar-refractivity contribution in [2.45, 2.75) is 6.54 Å². The van der Waals surface area contributed by atoms with Gasteiger partial charge in [0.05, 0.1) is 10.9 Å². The predicted octanol–water partition coefficient (Wildman–Crippen LogP) is 0.244. The van der Waals surface area contributed by atoms with E-state index in [9.17, 15) is 9.59 Å². The number of anilines is 1. The monoisotopic (exact) mass is 274 g/mol. The number of nitrogen functional groups attached to an aromatic ring is 1. The van der Waals surface area contributed by atoms with Gasteiger partial charge in [-0.05, 0) is 26.2 Å². The largest absolute Gasteiger partial charge is 0.398 e. The second-order valence-electron chi connectivity index (χ2n) is 4.97. The highest BCUT2D eigenvalue weighted by Crippen LogP contribution is 2.18. The minimum absolute atomic E-state index is 0.0332. The maximum Gasteiger partial charge on any atom is 0.254 e. The highest BCUT2D eigenvalue weighted by Gasteiger charge is 2.14. The van der Waals surface area contributed by atoms with Gasteiger partial charge in [-0.3, -0.25) is 9.59 Å². The summed E-state index contributed by atoms with van der Waals surface area (Å²) in [4.78, 5) is 25.7. The Morgan fingerprint density at radius 2 is 2.05 bits per heavy atom. The number of nitrogens with two attached hydrogens (primary N) is 2. The third-order valence-electron chi connectivity index (χ3n) is 3.19. The molecule has 0 atom stereocenters. The van der Waals surface area contributed by atoms with E-state index < -0.39 is 11.3 Å². The summed E-state index contributed by atoms with van der Waals surface area (Å²) in [7, 11) is 3.90. The van der Waals surface area contributed by atoms with Crippen LogP contribution in [0.5, 0.6) is 0 Å². The standard InChI is InChI=1S/C14H18N4O2/c1-17(2)6-7-18-8-9(14(16)20)13(19)12-10(15)4-3-5-11(12)18/h3-5,8H,6-7,15H2,1-2H3,(H2,16,20). The van der Waals surface area contributed by atoms with Crippen LogP contribution in [-0.2, 0) is 6.54 Å². The molecule has 0 bridgehead atoms. The maximum absolute atomic E-state index is 12.3. The smallest absolute Gasteiger partial charge is 0.254 e. The van der Waals surface area contributed by atoms with E-state index in [2.05, 4.69) is 0 Å². The van der Waals surface area contributed by atoms with Crippen LogP contribution in [-0.4, -0.2) is 36.0 Å². The lowest BCUT2D eigenvalue weighted by Crippen LogP contribution is -2.26. The van der Waals surface area contributed by atoms with Crippen molar-refractivity contribution in [1.29, 1.82) is 0 Å². The Morgan fingerprint density at radius 1 is 1.35 bits per heavy atom. The molecule has 0 spiro atoms. The lowest BCUT2D eigenvalue weighted by atomic mass is 10.1. The minimum Gasteiger partial charge on any atom is -0.398 e. The molecule has 1 amide bonds. The predicted molar refractivity (Wildman–Crippen MR) is 79.7 cm³/mol. The number of nitrogens with zero attached hydrogens (tertiary/aromatic N) is 2. The molecule has 106 valence electrons. The third-order valence-corrected chi connectivity index (χ3v) is 3.19. The van der Waals surface area contributed by atoms with E-state index in [4.69, 9.17) is 11.5 Å². The Balaban J connectivity index is 2.73. The van der Waals surface area contributed by atoms with Crippen molar-refractivity contribution in [3.63, 3.8) is 0 Å². The molecule has 1 heterocycles. The Hall–Kier alpha value is -2.34. The summed E-state index contributed by atoms with van der Waals surface area (Å²) < 4.78 is 1.84. The fourth-order valence-corrected chi connectivity index (χ4v) is 2.13. The molecular weight excluding hydrogens is 256 g/mol. The van der Waals surface area contributed by atoms with E-state index in [1.807, 2.05) is 29.6 Å². The normalized spacial score (nSPS) is 11.2. The third kappa shape index (κ3) is 2.50. The Morgan fingerprint density at radius 3 is 2.65 bits per heavy atom. The molecule has 0 radical (unpaired) electrons. The van der Waals surface area contributed by atoms with Crippen LogP contribution in [0.1, 0.15) is 10.4 Å². The van der Waals surface area contributed by atoms with Gasteiger partial charge >= 0.3 is 0 Å². The molecule has 0 aliphatic heterocycles. The zero-order valence-electron chi connectivity index (χ0n) is 11.6. The first kappa shape index (κ1) is 14.1. The van der Waals surface area contributed by atoms with Crippen LogP contribution in [0.3, 0.4) is 0 Å². The van der Waals surface area contributed by atoms with Gasteiger partial charge in [0.2, 0.25) is 5.43 Å². The van der Waals surface area contributed by atoms with Crippen molar-refractivity contribution in [2.75, 3.05) is 26.4 Å². The van der Waals surface area contributed by atoms with Crippen LogP contribution >= 0.6 is 0 Å². The van der Waals surface area contributed by atoms with Crippen LogP contribution in [0.4, 0.5) is 5.69 Å². The highest BCUT2D eigenvalue weighted by atomic mass is 16.2. The van der Waals surface area contributed by atoms with E-state index >= 15 is 0 Å². The van der Waals surface area contributed by atoms with Gasteiger partial charge in [-0.15, -0.1) is 0 Å². The number of carbonyl (C=O) groups excluding carboxylic acids is 1. The van der Waals surface area contributed by atoms with Crippen LogP contribution < -0.4 is 16.9 Å². The molecule has 0 saturated carbocycles. The number of aromatic nitrogens is 1. The molecule has 0 aliphatic rings.